The molecule has 9 nitrogen and oxygen atoms in total. The number of rotatable bonds is 8. The largest absolute Gasteiger partial charge is 0.481 e. The van der Waals surface area contributed by atoms with E-state index < -0.39 is 0 Å². The van der Waals surface area contributed by atoms with Crippen LogP contribution in [0.3, 0.4) is 0 Å². The molecule has 1 N–H and O–H groups in total. The number of aromatic nitrogens is 3. The normalized spacial score (nSPS) is 20.0. The van der Waals surface area contributed by atoms with Gasteiger partial charge in [-0.25, -0.2) is 9.97 Å². The molecule has 0 unspecified atom stereocenters. The zero-order chi connectivity index (χ0) is 25.0. The van der Waals surface area contributed by atoms with Crippen LogP contribution in [-0.2, 0) is 6.54 Å². The van der Waals surface area contributed by atoms with Crippen LogP contribution in [0.15, 0.2) is 65.3 Å². The maximum absolute atomic E-state index is 6.15. The minimum absolute atomic E-state index is 0.504. The van der Waals surface area contributed by atoms with Crippen molar-refractivity contribution in [1.29, 1.82) is 0 Å². The molecule has 2 saturated heterocycles. The van der Waals surface area contributed by atoms with Crippen LogP contribution in [0.1, 0.15) is 18.5 Å². The lowest BCUT2D eigenvalue weighted by Crippen LogP contribution is -2.57. The highest BCUT2D eigenvalue weighted by Crippen LogP contribution is 2.31. The zero-order valence-electron chi connectivity index (χ0n) is 21.0. The lowest BCUT2D eigenvalue weighted by molar-refractivity contribution is 0.0716. The Hall–Kier alpha value is -3.85. The summed E-state index contributed by atoms with van der Waals surface area (Å²) in [5.41, 5.74) is 2.70. The van der Waals surface area contributed by atoms with Gasteiger partial charge < -0.3 is 24.2 Å². The SMILES string of the molecule is COc1ccc(NCc2cccc(OC[C@@H]3CC[C@@H]4CN(c5noc6ccccc56)CCN4C3)n2)cn1. The standard InChI is InChI=1S/C28H32N6O3/c1-35-26-12-10-21(15-30-26)29-16-22-5-4-8-27(31-22)36-19-20-9-11-23-18-34(14-13-33(23)17-20)28-24-6-2-3-7-25(24)37-32-28/h2-8,10,12,15,20,23,29H,9,11,13-14,16-19H2,1H3/t20-,23-/m1/s1. The van der Waals surface area contributed by atoms with Crippen LogP contribution in [0.25, 0.3) is 11.0 Å². The van der Waals surface area contributed by atoms with E-state index in [4.69, 9.17) is 14.0 Å². The van der Waals surface area contributed by atoms with E-state index in [1.54, 1.807) is 13.3 Å². The van der Waals surface area contributed by atoms with Gasteiger partial charge in [-0.05, 0) is 37.1 Å². The first-order chi connectivity index (χ1) is 18.2. The van der Waals surface area contributed by atoms with Crippen LogP contribution in [-0.4, -0.2) is 66.0 Å². The van der Waals surface area contributed by atoms with Crippen molar-refractivity contribution < 1.29 is 14.0 Å². The molecule has 2 aliphatic heterocycles. The fourth-order valence-electron chi connectivity index (χ4n) is 5.33. The number of fused-ring (bicyclic) bond motifs is 2. The van der Waals surface area contributed by atoms with Crippen LogP contribution < -0.4 is 19.7 Å². The molecule has 0 saturated carbocycles. The number of anilines is 2. The number of nitrogens with zero attached hydrogens (tertiary/aromatic N) is 5. The Morgan fingerprint density at radius 3 is 2.84 bits per heavy atom. The molecule has 0 amide bonds. The molecule has 4 aromatic rings. The van der Waals surface area contributed by atoms with Gasteiger partial charge in [0.25, 0.3) is 0 Å². The summed E-state index contributed by atoms with van der Waals surface area (Å²) in [6.07, 6.45) is 4.07. The monoisotopic (exact) mass is 500 g/mol. The van der Waals surface area contributed by atoms with Crippen molar-refractivity contribution in [2.75, 3.05) is 50.1 Å². The number of hydrogen-bond acceptors (Lipinski definition) is 9. The lowest BCUT2D eigenvalue weighted by Gasteiger charge is -2.46. The molecule has 1 aromatic carbocycles. The molecule has 2 fully saturated rings. The van der Waals surface area contributed by atoms with Gasteiger partial charge in [0, 0.05) is 50.3 Å². The van der Waals surface area contributed by atoms with E-state index >= 15 is 0 Å². The van der Waals surface area contributed by atoms with Gasteiger partial charge in [0.1, 0.15) is 0 Å². The highest BCUT2D eigenvalue weighted by atomic mass is 16.5. The van der Waals surface area contributed by atoms with Crippen LogP contribution in [0.4, 0.5) is 11.5 Å². The highest BCUT2D eigenvalue weighted by molar-refractivity contribution is 5.88. The summed E-state index contributed by atoms with van der Waals surface area (Å²) in [6, 6.07) is 18.4. The number of ether oxygens (including phenoxy) is 2. The summed E-state index contributed by atoms with van der Waals surface area (Å²) in [6.45, 7) is 5.33. The third-order valence-electron chi connectivity index (χ3n) is 7.33. The van der Waals surface area contributed by atoms with Crippen molar-refractivity contribution in [2.24, 2.45) is 5.92 Å². The predicted octanol–water partition coefficient (Wildman–Crippen LogP) is 4.22. The van der Waals surface area contributed by atoms with Gasteiger partial charge in [0.2, 0.25) is 11.8 Å². The fourth-order valence-corrected chi connectivity index (χ4v) is 5.33. The van der Waals surface area contributed by atoms with Gasteiger partial charge in [0.05, 0.1) is 43.2 Å². The first kappa shape index (κ1) is 23.5. The molecule has 3 aromatic heterocycles. The Kier molecular flexibility index (Phi) is 6.77. The van der Waals surface area contributed by atoms with Crippen LogP contribution >= 0.6 is 0 Å². The van der Waals surface area contributed by atoms with Crippen LogP contribution in [0.2, 0.25) is 0 Å². The summed E-state index contributed by atoms with van der Waals surface area (Å²) in [4.78, 5) is 13.9. The van der Waals surface area contributed by atoms with E-state index in [1.165, 1.54) is 0 Å². The molecular weight excluding hydrogens is 468 g/mol. The van der Waals surface area contributed by atoms with E-state index in [9.17, 15) is 0 Å². The molecule has 2 aliphatic rings. The summed E-state index contributed by atoms with van der Waals surface area (Å²) in [5.74, 6) is 2.75. The van der Waals surface area contributed by atoms with Crippen LogP contribution in [0.5, 0.6) is 11.8 Å². The summed E-state index contributed by atoms with van der Waals surface area (Å²) in [7, 11) is 1.61. The number of piperazine rings is 1. The molecule has 5 heterocycles. The van der Waals surface area contributed by atoms with Crippen molar-refractivity contribution in [3.05, 3.63) is 66.5 Å². The second kappa shape index (κ2) is 10.6. The third kappa shape index (κ3) is 5.32. The average Bonchev–Trinajstić information content (AvgIpc) is 3.39. The van der Waals surface area contributed by atoms with Gasteiger partial charge in [-0.1, -0.05) is 23.4 Å². The minimum atomic E-state index is 0.504. The molecule has 0 aliphatic carbocycles. The van der Waals surface area contributed by atoms with E-state index in [1.807, 2.05) is 48.5 Å². The van der Waals surface area contributed by atoms with Crippen molar-refractivity contribution in [2.45, 2.75) is 25.4 Å². The first-order valence-corrected chi connectivity index (χ1v) is 12.9. The van der Waals surface area contributed by atoms with Crippen molar-refractivity contribution in [1.82, 2.24) is 20.0 Å². The summed E-state index contributed by atoms with van der Waals surface area (Å²) < 4.78 is 16.8. The molecule has 6 rings (SSSR count). The second-order valence-electron chi connectivity index (χ2n) is 9.76. The van der Waals surface area contributed by atoms with Gasteiger partial charge >= 0.3 is 0 Å². The Morgan fingerprint density at radius 1 is 1.00 bits per heavy atom. The Labute approximate surface area is 216 Å². The molecule has 0 spiro atoms. The van der Waals surface area contributed by atoms with E-state index in [0.717, 1.165) is 67.2 Å². The highest BCUT2D eigenvalue weighted by Gasteiger charge is 2.34. The van der Waals surface area contributed by atoms with E-state index in [-0.39, 0.29) is 0 Å². The summed E-state index contributed by atoms with van der Waals surface area (Å²) >= 11 is 0. The number of nitrogens with one attached hydrogen (secondary N) is 1. The van der Waals surface area contributed by atoms with Gasteiger partial charge in [-0.15, -0.1) is 0 Å². The number of pyridine rings is 2. The average molecular weight is 501 g/mol. The quantitative estimate of drug-likeness (QED) is 0.382. The Bertz CT molecular complexity index is 1330. The molecule has 9 heteroatoms. The fraction of sp³-hybridized carbons (Fsp3) is 0.393. The molecule has 37 heavy (non-hydrogen) atoms. The maximum atomic E-state index is 6.15. The minimum Gasteiger partial charge on any atom is -0.481 e. The third-order valence-corrected chi connectivity index (χ3v) is 7.33. The number of piperidine rings is 1. The van der Waals surface area contributed by atoms with Crippen molar-refractivity contribution in [3.8, 4) is 11.8 Å². The lowest BCUT2D eigenvalue weighted by atomic mass is 9.91. The van der Waals surface area contributed by atoms with Gasteiger partial charge in [-0.2, -0.15) is 0 Å². The topological polar surface area (TPSA) is 88.8 Å². The van der Waals surface area contributed by atoms with Crippen LogP contribution in [0, 0.1) is 5.92 Å². The number of benzene rings is 1. The smallest absolute Gasteiger partial charge is 0.213 e. The van der Waals surface area contributed by atoms with Gasteiger partial charge in [-0.3, -0.25) is 4.90 Å². The summed E-state index contributed by atoms with van der Waals surface area (Å²) in [5, 5.41) is 8.81. The predicted molar refractivity (Wildman–Crippen MR) is 142 cm³/mol. The Morgan fingerprint density at radius 2 is 1.95 bits per heavy atom. The molecule has 2 atom stereocenters. The van der Waals surface area contributed by atoms with Crippen molar-refractivity contribution in [3.63, 3.8) is 0 Å². The van der Waals surface area contributed by atoms with E-state index in [0.29, 0.717) is 36.9 Å². The van der Waals surface area contributed by atoms with Gasteiger partial charge in [0.15, 0.2) is 11.4 Å². The Balaban J connectivity index is 0.992. The number of methoxy groups -OCH3 is 1. The molecule has 0 radical (unpaired) electrons. The number of hydrogen-bond donors (Lipinski definition) is 1. The number of para-hydroxylation sites is 1. The zero-order valence-corrected chi connectivity index (χ0v) is 21.0. The molecular formula is C28H32N6O3. The molecule has 192 valence electrons. The van der Waals surface area contributed by atoms with Crippen molar-refractivity contribution >= 4 is 22.5 Å². The van der Waals surface area contributed by atoms with E-state index in [2.05, 4.69) is 36.3 Å². The molecule has 0 bridgehead atoms. The second-order valence-corrected chi connectivity index (χ2v) is 9.76. The maximum Gasteiger partial charge on any atom is 0.213 e. The first-order valence-electron chi connectivity index (χ1n) is 12.9.